The first-order chi connectivity index (χ1) is 10.2. The third-order valence-corrected chi connectivity index (χ3v) is 2.96. The van der Waals surface area contributed by atoms with Crippen molar-refractivity contribution in [3.63, 3.8) is 0 Å². The van der Waals surface area contributed by atoms with Gasteiger partial charge in [0.25, 0.3) is 0 Å². The number of hydrogen-bond donors (Lipinski definition) is 3. The highest BCUT2D eigenvalue weighted by Gasteiger charge is 2.13. The van der Waals surface area contributed by atoms with Gasteiger partial charge in [0.1, 0.15) is 5.75 Å². The number of aliphatic hydroxyl groups is 1. The second-order valence-corrected chi connectivity index (χ2v) is 4.53. The van der Waals surface area contributed by atoms with Crippen molar-refractivity contribution in [2.45, 2.75) is 25.8 Å². The maximum atomic E-state index is 11.6. The van der Waals surface area contributed by atoms with Crippen molar-refractivity contribution in [3.05, 3.63) is 29.8 Å². The fourth-order valence-corrected chi connectivity index (χ4v) is 1.80. The summed E-state index contributed by atoms with van der Waals surface area (Å²) in [4.78, 5) is 23.2. The zero-order valence-corrected chi connectivity index (χ0v) is 12.2. The van der Waals surface area contributed by atoms with Crippen LogP contribution in [0.25, 0.3) is 0 Å². The zero-order valence-electron chi connectivity index (χ0n) is 12.2. The van der Waals surface area contributed by atoms with E-state index in [4.69, 9.17) is 9.84 Å². The largest absolute Gasteiger partial charge is 0.496 e. The lowest BCUT2D eigenvalue weighted by Crippen LogP contribution is -2.40. The summed E-state index contributed by atoms with van der Waals surface area (Å²) in [6, 6.07) is 7.29. The maximum Gasteiger partial charge on any atom is 0.309 e. The van der Waals surface area contributed by atoms with Gasteiger partial charge in [0, 0.05) is 25.3 Å². The molecule has 0 bridgehead atoms. The Balaban J connectivity index is 2.31. The fourth-order valence-electron chi connectivity index (χ4n) is 1.80. The zero-order chi connectivity index (χ0) is 15.5. The van der Waals surface area contributed by atoms with Crippen molar-refractivity contribution in [2.75, 3.05) is 20.3 Å². The molecular formula is C15H22N2O4. The summed E-state index contributed by atoms with van der Waals surface area (Å²) >= 11 is 0. The molecule has 0 atom stereocenters. The van der Waals surface area contributed by atoms with E-state index in [1.165, 1.54) is 0 Å². The first kappa shape index (κ1) is 17.0. The second kappa shape index (κ2) is 9.77. The molecule has 0 aromatic heterocycles. The molecule has 21 heavy (non-hydrogen) atoms. The number of carbonyl (C=O) groups is 2. The van der Waals surface area contributed by atoms with Crippen molar-refractivity contribution in [2.24, 2.45) is 0 Å². The van der Waals surface area contributed by atoms with E-state index >= 15 is 0 Å². The molecule has 0 aliphatic rings. The summed E-state index contributed by atoms with van der Waals surface area (Å²) in [7, 11) is 1.56. The van der Waals surface area contributed by atoms with Gasteiger partial charge in [-0.05, 0) is 25.3 Å². The van der Waals surface area contributed by atoms with E-state index in [2.05, 4.69) is 10.6 Å². The quantitative estimate of drug-likeness (QED) is 0.484. The normalized spacial score (nSPS) is 10.0. The van der Waals surface area contributed by atoms with Crippen LogP contribution in [0.4, 0.5) is 0 Å². The minimum Gasteiger partial charge on any atom is -0.496 e. The summed E-state index contributed by atoms with van der Waals surface area (Å²) in [5, 5.41) is 13.7. The monoisotopic (exact) mass is 294 g/mol. The van der Waals surface area contributed by atoms with Crippen LogP contribution in [0.5, 0.6) is 5.75 Å². The molecule has 2 amide bonds. The van der Waals surface area contributed by atoms with Gasteiger partial charge < -0.3 is 20.5 Å². The number of rotatable bonds is 8. The highest BCUT2D eigenvalue weighted by Crippen LogP contribution is 2.16. The number of benzene rings is 1. The van der Waals surface area contributed by atoms with Crippen molar-refractivity contribution in [3.8, 4) is 5.75 Å². The Morgan fingerprint density at radius 2 is 1.81 bits per heavy atom. The van der Waals surface area contributed by atoms with E-state index in [9.17, 15) is 9.59 Å². The molecule has 6 nitrogen and oxygen atoms in total. The Kier molecular flexibility index (Phi) is 7.89. The molecule has 6 heteroatoms. The molecule has 0 saturated heterocycles. The van der Waals surface area contributed by atoms with Crippen LogP contribution in [-0.4, -0.2) is 37.2 Å². The summed E-state index contributed by atoms with van der Waals surface area (Å²) in [5.41, 5.74) is 0.809. The van der Waals surface area contributed by atoms with Crippen molar-refractivity contribution < 1.29 is 19.4 Å². The Morgan fingerprint density at radius 3 is 2.52 bits per heavy atom. The van der Waals surface area contributed by atoms with Crippen LogP contribution in [0.1, 0.15) is 24.8 Å². The first-order valence-corrected chi connectivity index (χ1v) is 6.97. The van der Waals surface area contributed by atoms with Gasteiger partial charge in [0.2, 0.25) is 0 Å². The van der Waals surface area contributed by atoms with Gasteiger partial charge >= 0.3 is 11.8 Å². The highest BCUT2D eigenvalue weighted by atomic mass is 16.5. The number of methoxy groups -OCH3 is 1. The molecule has 0 spiro atoms. The van der Waals surface area contributed by atoms with Crippen molar-refractivity contribution >= 4 is 11.8 Å². The maximum absolute atomic E-state index is 11.6. The Morgan fingerprint density at radius 1 is 1.10 bits per heavy atom. The van der Waals surface area contributed by atoms with Crippen LogP contribution < -0.4 is 15.4 Å². The molecule has 1 aromatic carbocycles. The Labute approximate surface area is 124 Å². The summed E-state index contributed by atoms with van der Waals surface area (Å²) in [5.74, 6) is -0.640. The van der Waals surface area contributed by atoms with Crippen molar-refractivity contribution in [1.82, 2.24) is 10.6 Å². The summed E-state index contributed by atoms with van der Waals surface area (Å²) in [6.07, 6.45) is 2.27. The van der Waals surface area contributed by atoms with Gasteiger partial charge in [-0.3, -0.25) is 9.59 Å². The molecule has 0 fully saturated rings. The molecule has 0 aliphatic heterocycles. The summed E-state index contributed by atoms with van der Waals surface area (Å²) in [6.45, 7) is 0.815. The topological polar surface area (TPSA) is 87.7 Å². The van der Waals surface area contributed by atoms with Gasteiger partial charge in [-0.25, -0.2) is 0 Å². The number of carbonyl (C=O) groups excluding carboxylic acids is 2. The smallest absolute Gasteiger partial charge is 0.309 e. The average molecular weight is 294 g/mol. The third kappa shape index (κ3) is 6.27. The van der Waals surface area contributed by atoms with E-state index in [0.29, 0.717) is 18.7 Å². The number of unbranched alkanes of at least 4 members (excludes halogenated alkanes) is 2. The lowest BCUT2D eigenvalue weighted by atomic mass is 10.2. The molecule has 0 saturated carbocycles. The van der Waals surface area contributed by atoms with E-state index in [1.54, 1.807) is 13.2 Å². The molecular weight excluding hydrogens is 272 g/mol. The molecule has 1 aromatic rings. The molecule has 3 N–H and O–H groups in total. The molecule has 0 radical (unpaired) electrons. The van der Waals surface area contributed by atoms with E-state index in [0.717, 1.165) is 18.4 Å². The minimum absolute atomic E-state index is 0.146. The Bertz CT molecular complexity index is 463. The first-order valence-electron chi connectivity index (χ1n) is 6.97. The lowest BCUT2D eigenvalue weighted by molar-refractivity contribution is -0.139. The predicted octanol–water partition coefficient (Wildman–Crippen LogP) is 0.590. The third-order valence-electron chi connectivity index (χ3n) is 2.96. The summed E-state index contributed by atoms with van der Waals surface area (Å²) < 4.78 is 5.17. The van der Waals surface area contributed by atoms with Crippen LogP contribution in [0.15, 0.2) is 24.3 Å². The van der Waals surface area contributed by atoms with Crippen LogP contribution in [0, 0.1) is 0 Å². The number of nitrogens with one attached hydrogen (secondary N) is 2. The second-order valence-electron chi connectivity index (χ2n) is 4.53. The lowest BCUT2D eigenvalue weighted by Gasteiger charge is -2.09. The number of ether oxygens (including phenoxy) is 1. The van der Waals surface area contributed by atoms with E-state index < -0.39 is 11.8 Å². The standard InChI is InChI=1S/C15H22N2O4/c1-21-13-8-4-3-7-12(13)11-17-15(20)14(19)16-9-5-2-6-10-18/h3-4,7-8,18H,2,5-6,9-11H2,1H3,(H,16,19)(H,17,20). The van der Waals surface area contributed by atoms with Gasteiger partial charge in [-0.15, -0.1) is 0 Å². The van der Waals surface area contributed by atoms with Gasteiger partial charge in [0.05, 0.1) is 7.11 Å². The van der Waals surface area contributed by atoms with E-state index in [-0.39, 0.29) is 13.2 Å². The SMILES string of the molecule is COc1ccccc1CNC(=O)C(=O)NCCCCCO. The van der Waals surface area contributed by atoms with Crippen LogP contribution in [-0.2, 0) is 16.1 Å². The highest BCUT2D eigenvalue weighted by molar-refractivity contribution is 6.35. The number of para-hydroxylation sites is 1. The van der Waals surface area contributed by atoms with Gasteiger partial charge in [-0.1, -0.05) is 18.2 Å². The predicted molar refractivity (Wildman–Crippen MR) is 78.8 cm³/mol. The van der Waals surface area contributed by atoms with Crippen LogP contribution in [0.2, 0.25) is 0 Å². The number of amides is 2. The Hall–Kier alpha value is -2.08. The molecule has 0 unspecified atom stereocenters. The molecule has 116 valence electrons. The fraction of sp³-hybridized carbons (Fsp3) is 0.467. The van der Waals surface area contributed by atoms with Gasteiger partial charge in [-0.2, -0.15) is 0 Å². The van der Waals surface area contributed by atoms with Crippen molar-refractivity contribution in [1.29, 1.82) is 0 Å². The van der Waals surface area contributed by atoms with Crippen LogP contribution >= 0.6 is 0 Å². The molecule has 0 aliphatic carbocycles. The number of hydrogen-bond acceptors (Lipinski definition) is 4. The average Bonchev–Trinajstić information content (AvgIpc) is 2.52. The number of aliphatic hydroxyl groups excluding tert-OH is 1. The van der Waals surface area contributed by atoms with Gasteiger partial charge in [0.15, 0.2) is 0 Å². The van der Waals surface area contributed by atoms with E-state index in [1.807, 2.05) is 18.2 Å². The molecule has 0 heterocycles. The minimum atomic E-state index is -0.664. The molecule has 1 rings (SSSR count). The van der Waals surface area contributed by atoms with Crippen LogP contribution in [0.3, 0.4) is 0 Å².